The first-order valence-electron chi connectivity index (χ1n) is 8.69. The minimum Gasteiger partial charge on any atom is -0.508 e. The Morgan fingerprint density at radius 1 is 1.28 bits per heavy atom. The summed E-state index contributed by atoms with van der Waals surface area (Å²) in [4.78, 5) is 6.74. The lowest BCUT2D eigenvalue weighted by atomic mass is 9.87. The van der Waals surface area contributed by atoms with Crippen LogP contribution in [0.1, 0.15) is 42.0 Å². The van der Waals surface area contributed by atoms with Gasteiger partial charge in [0.25, 0.3) is 0 Å². The zero-order valence-corrected chi connectivity index (χ0v) is 17.6. The van der Waals surface area contributed by atoms with E-state index in [1.54, 1.807) is 6.07 Å². The summed E-state index contributed by atoms with van der Waals surface area (Å²) < 4.78 is 1.07. The third kappa shape index (κ3) is 5.21. The summed E-state index contributed by atoms with van der Waals surface area (Å²) in [6, 6.07) is 12.0. The average molecular weight is 450 g/mol. The second-order valence-electron chi connectivity index (χ2n) is 6.41. The van der Waals surface area contributed by atoms with E-state index in [-0.39, 0.29) is 5.92 Å². The van der Waals surface area contributed by atoms with E-state index in [1.807, 2.05) is 25.5 Å². The van der Waals surface area contributed by atoms with E-state index >= 15 is 0 Å². The Balaban J connectivity index is 2.43. The van der Waals surface area contributed by atoms with Crippen molar-refractivity contribution in [3.05, 3.63) is 58.7 Å². The van der Waals surface area contributed by atoms with Gasteiger partial charge in [-0.3, -0.25) is 0 Å². The summed E-state index contributed by atoms with van der Waals surface area (Å²) in [5.41, 5.74) is 6.01. The molecule has 2 aromatic carbocycles. The Labute approximate surface area is 164 Å². The van der Waals surface area contributed by atoms with Gasteiger partial charge in [-0.15, -0.1) is 0 Å². The van der Waals surface area contributed by atoms with Gasteiger partial charge in [0.2, 0.25) is 0 Å². The van der Waals surface area contributed by atoms with Crippen LogP contribution in [0.25, 0.3) is 0 Å². The molecule has 134 valence electrons. The van der Waals surface area contributed by atoms with Gasteiger partial charge in [0.15, 0.2) is 0 Å². The monoisotopic (exact) mass is 450 g/mol. The summed E-state index contributed by atoms with van der Waals surface area (Å²) in [5, 5.41) is 9.80. The van der Waals surface area contributed by atoms with Gasteiger partial charge >= 0.3 is 0 Å². The van der Waals surface area contributed by atoms with Crippen molar-refractivity contribution in [1.82, 2.24) is 4.90 Å². The lowest BCUT2D eigenvalue weighted by molar-refractivity contribution is 0.474. The minimum atomic E-state index is 0.236. The first kappa shape index (κ1) is 19.8. The van der Waals surface area contributed by atoms with Crippen molar-refractivity contribution in [2.45, 2.75) is 33.1 Å². The average Bonchev–Trinajstić information content (AvgIpc) is 2.61. The van der Waals surface area contributed by atoms with Crippen LogP contribution in [-0.4, -0.2) is 34.4 Å². The molecule has 0 radical (unpaired) electrons. The molecule has 0 amide bonds. The third-order valence-corrected chi connectivity index (χ3v) is 5.09. The van der Waals surface area contributed by atoms with Crippen LogP contribution < -0.4 is 0 Å². The molecule has 25 heavy (non-hydrogen) atoms. The molecule has 0 bridgehead atoms. The SMILES string of the molecule is CCN(C)C=Nc1cc(CCI)c(C(C)c2cccc(O)c2)cc1C. The fraction of sp³-hybridized carbons (Fsp3) is 0.381. The fourth-order valence-corrected chi connectivity index (χ4v) is 3.42. The molecule has 0 aliphatic heterocycles. The zero-order valence-electron chi connectivity index (χ0n) is 15.5. The van der Waals surface area contributed by atoms with Crippen LogP contribution >= 0.6 is 22.6 Å². The van der Waals surface area contributed by atoms with Crippen LogP contribution in [0.2, 0.25) is 0 Å². The predicted octanol–water partition coefficient (Wildman–Crippen LogP) is 5.44. The molecule has 0 spiro atoms. The lowest BCUT2D eigenvalue weighted by Crippen LogP contribution is -2.14. The van der Waals surface area contributed by atoms with Crippen molar-refractivity contribution in [2.75, 3.05) is 18.0 Å². The summed E-state index contributed by atoms with van der Waals surface area (Å²) >= 11 is 2.42. The largest absolute Gasteiger partial charge is 0.508 e. The van der Waals surface area contributed by atoms with E-state index in [0.717, 1.165) is 28.6 Å². The molecule has 1 N–H and O–H groups in total. The second kappa shape index (κ2) is 9.22. The Hall–Kier alpha value is -1.56. The maximum absolute atomic E-state index is 9.80. The van der Waals surface area contributed by atoms with E-state index in [4.69, 9.17) is 0 Å². The molecule has 0 aliphatic carbocycles. The van der Waals surface area contributed by atoms with Crippen molar-refractivity contribution in [3.8, 4) is 5.75 Å². The smallest absolute Gasteiger partial charge is 0.115 e. The van der Waals surface area contributed by atoms with Crippen LogP contribution in [0.3, 0.4) is 0 Å². The molecule has 0 fully saturated rings. The van der Waals surface area contributed by atoms with Crippen LogP contribution in [0.15, 0.2) is 41.4 Å². The molecule has 0 saturated heterocycles. The molecular weight excluding hydrogens is 423 g/mol. The fourth-order valence-electron chi connectivity index (χ4n) is 2.84. The number of alkyl halides is 1. The van der Waals surface area contributed by atoms with Gasteiger partial charge in [-0.2, -0.15) is 0 Å². The van der Waals surface area contributed by atoms with Crippen molar-refractivity contribution >= 4 is 34.6 Å². The van der Waals surface area contributed by atoms with Gasteiger partial charge < -0.3 is 10.0 Å². The molecule has 1 atom stereocenters. The number of hydrogen-bond acceptors (Lipinski definition) is 2. The summed E-state index contributed by atoms with van der Waals surface area (Å²) in [7, 11) is 2.03. The van der Waals surface area contributed by atoms with Crippen LogP contribution in [0, 0.1) is 6.92 Å². The van der Waals surface area contributed by atoms with Gasteiger partial charge in [-0.05, 0) is 60.7 Å². The van der Waals surface area contributed by atoms with Gasteiger partial charge in [0.05, 0.1) is 12.0 Å². The van der Waals surface area contributed by atoms with E-state index in [2.05, 4.69) is 71.5 Å². The Bertz CT molecular complexity index is 743. The van der Waals surface area contributed by atoms with Crippen LogP contribution in [-0.2, 0) is 6.42 Å². The number of aromatic hydroxyl groups is 1. The van der Waals surface area contributed by atoms with Gasteiger partial charge in [-0.1, -0.05) is 47.7 Å². The van der Waals surface area contributed by atoms with Gasteiger partial charge in [0, 0.05) is 23.9 Å². The molecule has 2 rings (SSSR count). The maximum Gasteiger partial charge on any atom is 0.115 e. The zero-order chi connectivity index (χ0) is 18.4. The number of phenolic OH excluding ortho intramolecular Hbond substituents is 1. The number of benzene rings is 2. The summed E-state index contributed by atoms with van der Waals surface area (Å²) in [6.07, 6.45) is 2.92. The van der Waals surface area contributed by atoms with Gasteiger partial charge in [0.1, 0.15) is 5.75 Å². The highest BCUT2D eigenvalue weighted by molar-refractivity contribution is 14.1. The van der Waals surface area contributed by atoms with E-state index in [0.29, 0.717) is 5.75 Å². The second-order valence-corrected chi connectivity index (χ2v) is 7.49. The van der Waals surface area contributed by atoms with Gasteiger partial charge in [-0.25, -0.2) is 4.99 Å². The van der Waals surface area contributed by atoms with E-state index in [9.17, 15) is 5.11 Å². The highest BCUT2D eigenvalue weighted by Crippen LogP contribution is 2.33. The number of nitrogens with zero attached hydrogens (tertiary/aromatic N) is 2. The molecule has 0 aliphatic rings. The van der Waals surface area contributed by atoms with Crippen molar-refractivity contribution in [1.29, 1.82) is 0 Å². The first-order chi connectivity index (χ1) is 12.0. The minimum absolute atomic E-state index is 0.236. The van der Waals surface area contributed by atoms with Crippen LogP contribution in [0.4, 0.5) is 5.69 Å². The maximum atomic E-state index is 9.80. The molecule has 0 heterocycles. The van der Waals surface area contributed by atoms with Crippen molar-refractivity contribution in [2.24, 2.45) is 4.99 Å². The standard InChI is InChI=1S/C21H27IN2O/c1-5-24(4)14-23-21-13-18(9-10-22)20(11-15(21)2)16(3)17-7-6-8-19(25)12-17/h6-8,11-14,16,25H,5,9-10H2,1-4H3. The number of phenols is 1. The quantitative estimate of drug-likeness (QED) is 0.264. The highest BCUT2D eigenvalue weighted by atomic mass is 127. The Kier molecular flexibility index (Phi) is 7.29. The molecule has 2 aromatic rings. The van der Waals surface area contributed by atoms with Crippen molar-refractivity contribution < 1.29 is 5.11 Å². The van der Waals surface area contributed by atoms with E-state index in [1.165, 1.54) is 16.7 Å². The summed E-state index contributed by atoms with van der Waals surface area (Å²) in [6.45, 7) is 7.37. The normalized spacial score (nSPS) is 12.5. The molecular formula is C21H27IN2O. The Morgan fingerprint density at radius 3 is 2.68 bits per heavy atom. The first-order valence-corrected chi connectivity index (χ1v) is 10.2. The predicted molar refractivity (Wildman–Crippen MR) is 116 cm³/mol. The Morgan fingerprint density at radius 2 is 2.04 bits per heavy atom. The number of halogens is 1. The number of rotatable bonds is 7. The number of hydrogen-bond donors (Lipinski definition) is 1. The molecule has 1 unspecified atom stereocenters. The summed E-state index contributed by atoms with van der Waals surface area (Å²) in [5.74, 6) is 0.556. The molecule has 0 aromatic heterocycles. The molecule has 0 saturated carbocycles. The molecule has 3 nitrogen and oxygen atoms in total. The number of aryl methyl sites for hydroxylation is 2. The number of aliphatic imine (C=N–C) groups is 1. The van der Waals surface area contributed by atoms with E-state index < -0.39 is 0 Å². The van der Waals surface area contributed by atoms with Crippen LogP contribution in [0.5, 0.6) is 5.75 Å². The third-order valence-electron chi connectivity index (χ3n) is 4.55. The lowest BCUT2D eigenvalue weighted by Gasteiger charge is -2.19. The van der Waals surface area contributed by atoms with Crippen molar-refractivity contribution in [3.63, 3.8) is 0 Å². The highest BCUT2D eigenvalue weighted by Gasteiger charge is 2.15. The topological polar surface area (TPSA) is 35.8 Å². The molecule has 4 heteroatoms.